The molecule has 0 rings (SSSR count). The zero-order chi connectivity index (χ0) is 10.9. The van der Waals surface area contributed by atoms with E-state index in [1.165, 1.54) is 0 Å². The number of hydrogen-bond acceptors (Lipinski definition) is 1. The Morgan fingerprint density at radius 3 is 1.08 bits per heavy atom. The Bertz CT molecular complexity index is 141. The summed E-state index contributed by atoms with van der Waals surface area (Å²) in [6, 6.07) is 0. The van der Waals surface area contributed by atoms with E-state index in [-0.39, 0.29) is 0 Å². The van der Waals surface area contributed by atoms with Crippen LogP contribution in [0.4, 0.5) is 0 Å². The molecule has 9 heteroatoms. The second-order valence-corrected chi connectivity index (χ2v) is 9.19. The summed E-state index contributed by atoms with van der Waals surface area (Å²) in [4.78, 5) is 0. The van der Waals surface area contributed by atoms with Crippen LogP contribution < -0.4 is 0 Å². The highest BCUT2D eigenvalue weighted by Gasteiger charge is 2.39. The van der Waals surface area contributed by atoms with Gasteiger partial charge in [0.15, 0.2) is 0 Å². The first-order valence-corrected chi connectivity index (χ1v) is 6.70. The number of rotatable bonds is 2. The number of alkyl halides is 8. The van der Waals surface area contributed by atoms with Crippen molar-refractivity contribution in [1.29, 1.82) is 0 Å². The summed E-state index contributed by atoms with van der Waals surface area (Å²) in [5.41, 5.74) is 0. The maximum Gasteiger partial charge on any atom is 0.215 e. The predicted octanol–water partition coefficient (Wildman–Crippen LogP) is 5.59. The second-order valence-electron chi connectivity index (χ2n) is 1.85. The van der Waals surface area contributed by atoms with E-state index in [9.17, 15) is 0 Å². The van der Waals surface area contributed by atoms with Gasteiger partial charge >= 0.3 is 0 Å². The van der Waals surface area contributed by atoms with E-state index in [0.717, 1.165) is 11.8 Å². The molecule has 2 unspecified atom stereocenters. The van der Waals surface area contributed by atoms with Crippen molar-refractivity contribution >= 4 is 105 Å². The Hall–Kier alpha value is 2.67. The molecule has 0 saturated heterocycles. The lowest BCUT2D eigenvalue weighted by Crippen LogP contribution is -2.23. The fraction of sp³-hybridized carbons (Fsp3) is 1.00. The van der Waals surface area contributed by atoms with Crippen molar-refractivity contribution in [2.45, 2.75) is 17.0 Å². The summed E-state index contributed by atoms with van der Waals surface area (Å²) in [5, 5.41) is 0. The van der Waals surface area contributed by atoms with Gasteiger partial charge in [-0.25, -0.2) is 0 Å². The van der Waals surface area contributed by atoms with Crippen molar-refractivity contribution in [2.24, 2.45) is 0 Å². The van der Waals surface area contributed by atoms with Crippen molar-refractivity contribution in [3.63, 3.8) is 0 Å². The standard InChI is InChI=1S/C4H2Cl8S/c5-1(3(7,8)9)13-2(6)4(10,11)12/h1-2H. The minimum Gasteiger partial charge on any atom is -0.114 e. The maximum atomic E-state index is 5.66. The lowest BCUT2D eigenvalue weighted by molar-refractivity contribution is 1.15. The lowest BCUT2D eigenvalue weighted by atomic mass is 10.9. The van der Waals surface area contributed by atoms with E-state index in [4.69, 9.17) is 92.8 Å². The molecule has 0 nitrogen and oxygen atoms in total. The molecule has 0 aliphatic heterocycles. The lowest BCUT2D eigenvalue weighted by Gasteiger charge is -2.23. The van der Waals surface area contributed by atoms with Crippen LogP contribution in [0.25, 0.3) is 0 Å². The van der Waals surface area contributed by atoms with Gasteiger partial charge in [0.25, 0.3) is 0 Å². The fourth-order valence-electron chi connectivity index (χ4n) is 0.259. The van der Waals surface area contributed by atoms with Crippen molar-refractivity contribution in [3.8, 4) is 0 Å². The maximum absolute atomic E-state index is 5.66. The molecular formula is C4H2Cl8S. The minimum atomic E-state index is -1.66. The molecule has 0 radical (unpaired) electrons. The molecule has 2 atom stereocenters. The van der Waals surface area contributed by atoms with E-state index >= 15 is 0 Å². The normalized spacial score (nSPS) is 18.5. The summed E-state index contributed by atoms with van der Waals surface area (Å²) in [5.74, 6) is 0. The molecule has 0 aromatic rings. The Morgan fingerprint density at radius 1 is 0.692 bits per heavy atom. The summed E-state index contributed by atoms with van der Waals surface area (Å²) < 4.78 is -5.10. The average molecular weight is 366 g/mol. The molecule has 0 fully saturated rings. The van der Waals surface area contributed by atoms with Gasteiger partial charge in [-0.2, -0.15) is 0 Å². The first-order valence-electron chi connectivity index (χ1n) is 2.62. The molecule has 0 N–H and O–H groups in total. The zero-order valence-corrected chi connectivity index (χ0v) is 12.5. The Kier molecular flexibility index (Phi) is 7.04. The van der Waals surface area contributed by atoms with E-state index in [0.29, 0.717) is 0 Å². The van der Waals surface area contributed by atoms with Gasteiger partial charge in [-0.05, 0) is 0 Å². The molecule has 80 valence electrons. The number of hydrogen-bond donors (Lipinski definition) is 0. The van der Waals surface area contributed by atoms with E-state index < -0.39 is 17.0 Å². The second kappa shape index (κ2) is 5.84. The fourth-order valence-corrected chi connectivity index (χ4v) is 2.48. The molecule has 13 heavy (non-hydrogen) atoms. The van der Waals surface area contributed by atoms with Crippen LogP contribution in [0, 0.1) is 0 Å². The summed E-state index contributed by atoms with van der Waals surface area (Å²) in [7, 11) is 0. The van der Waals surface area contributed by atoms with Crippen molar-refractivity contribution in [1.82, 2.24) is 0 Å². The van der Waals surface area contributed by atoms with Crippen LogP contribution in [0.1, 0.15) is 0 Å². The van der Waals surface area contributed by atoms with Crippen molar-refractivity contribution < 1.29 is 0 Å². The van der Waals surface area contributed by atoms with Crippen LogP contribution in [0.3, 0.4) is 0 Å². The van der Waals surface area contributed by atoms with Gasteiger partial charge in [0.05, 0.1) is 0 Å². The topological polar surface area (TPSA) is 0 Å². The van der Waals surface area contributed by atoms with Crippen molar-refractivity contribution in [2.75, 3.05) is 0 Å². The zero-order valence-electron chi connectivity index (χ0n) is 5.59. The summed E-state index contributed by atoms with van der Waals surface area (Å²) in [6.45, 7) is 0. The van der Waals surface area contributed by atoms with E-state index in [1.807, 2.05) is 0 Å². The molecule has 0 aromatic heterocycles. The third-order valence-electron chi connectivity index (χ3n) is 0.754. The minimum absolute atomic E-state index is 0.853. The van der Waals surface area contributed by atoms with Gasteiger partial charge in [0, 0.05) is 0 Å². The predicted molar refractivity (Wildman–Crippen MR) is 67.5 cm³/mol. The molecule has 0 bridgehead atoms. The van der Waals surface area contributed by atoms with Crippen LogP contribution in [0.2, 0.25) is 0 Å². The smallest absolute Gasteiger partial charge is 0.114 e. The van der Waals surface area contributed by atoms with Gasteiger partial charge in [-0.1, -0.05) is 69.6 Å². The highest BCUT2D eigenvalue weighted by molar-refractivity contribution is 8.03. The first kappa shape index (κ1) is 15.7. The summed E-state index contributed by atoms with van der Waals surface area (Å²) >= 11 is 45.0. The number of thioether (sulfide) groups is 1. The highest BCUT2D eigenvalue weighted by Crippen LogP contribution is 2.48. The summed E-state index contributed by atoms with van der Waals surface area (Å²) in [6.07, 6.45) is 0. The van der Waals surface area contributed by atoms with E-state index in [2.05, 4.69) is 0 Å². The first-order chi connectivity index (χ1) is 5.55. The van der Waals surface area contributed by atoms with Crippen LogP contribution in [-0.2, 0) is 0 Å². The molecular weight excluding hydrogens is 364 g/mol. The van der Waals surface area contributed by atoms with Crippen LogP contribution in [0.15, 0.2) is 0 Å². The molecule has 0 spiro atoms. The third-order valence-corrected chi connectivity index (χ3v) is 5.97. The quantitative estimate of drug-likeness (QED) is 0.575. The number of halogens is 8. The molecule has 0 heterocycles. The molecule has 0 aliphatic carbocycles. The largest absolute Gasteiger partial charge is 0.215 e. The SMILES string of the molecule is ClC(SC(Cl)C(Cl)(Cl)Cl)C(Cl)(Cl)Cl. The third kappa shape index (κ3) is 6.76. The molecule has 0 amide bonds. The monoisotopic (exact) mass is 362 g/mol. The van der Waals surface area contributed by atoms with Gasteiger partial charge in [-0.15, -0.1) is 35.0 Å². The van der Waals surface area contributed by atoms with Crippen LogP contribution in [-0.4, -0.2) is 17.0 Å². The molecule has 0 saturated carbocycles. The van der Waals surface area contributed by atoms with Crippen LogP contribution >= 0.6 is 105 Å². The highest BCUT2D eigenvalue weighted by atomic mass is 35.6. The van der Waals surface area contributed by atoms with Gasteiger partial charge in [0.2, 0.25) is 7.59 Å². The van der Waals surface area contributed by atoms with E-state index in [1.54, 1.807) is 0 Å². The Balaban J connectivity index is 4.15. The molecule has 0 aromatic carbocycles. The van der Waals surface area contributed by atoms with Crippen molar-refractivity contribution in [3.05, 3.63) is 0 Å². The van der Waals surface area contributed by atoms with Gasteiger partial charge in [-0.3, -0.25) is 0 Å². The van der Waals surface area contributed by atoms with Crippen LogP contribution in [0.5, 0.6) is 0 Å². The average Bonchev–Trinajstić information content (AvgIpc) is 1.82. The molecule has 0 aliphatic rings. The Morgan fingerprint density at radius 2 is 0.923 bits per heavy atom. The Labute approximate surface area is 120 Å². The van der Waals surface area contributed by atoms with Gasteiger partial charge < -0.3 is 0 Å². The van der Waals surface area contributed by atoms with Gasteiger partial charge in [0.1, 0.15) is 9.42 Å².